The normalized spacial score (nSPS) is 17.3. The van der Waals surface area contributed by atoms with Crippen LogP contribution in [-0.2, 0) is 21.0 Å². The molecule has 0 N–H and O–H groups in total. The van der Waals surface area contributed by atoms with E-state index >= 15 is 0 Å². The van der Waals surface area contributed by atoms with Gasteiger partial charge in [0.2, 0.25) is 0 Å². The number of halogens is 2. The first-order valence-electron chi connectivity index (χ1n) is 7.61. The van der Waals surface area contributed by atoms with E-state index < -0.39 is 37.1 Å². The van der Waals surface area contributed by atoms with E-state index in [0.29, 0.717) is 0 Å². The zero-order chi connectivity index (χ0) is 15.1. The van der Waals surface area contributed by atoms with Crippen molar-refractivity contribution in [2.45, 2.75) is 52.1 Å². The van der Waals surface area contributed by atoms with Crippen molar-refractivity contribution >= 4 is 20.4 Å². The van der Waals surface area contributed by atoms with Gasteiger partial charge in [-0.05, 0) is 0 Å². The molecule has 0 radical (unpaired) electrons. The van der Waals surface area contributed by atoms with Crippen LogP contribution >= 0.6 is 0 Å². The summed E-state index contributed by atoms with van der Waals surface area (Å²) >= 11 is -1.91. The van der Waals surface area contributed by atoms with E-state index in [1.54, 1.807) is 17.1 Å². The van der Waals surface area contributed by atoms with Crippen LogP contribution in [0.15, 0.2) is 41.4 Å². The van der Waals surface area contributed by atoms with Crippen molar-refractivity contribution in [3.63, 3.8) is 0 Å². The third-order valence-electron chi connectivity index (χ3n) is 4.25. The predicted octanol–water partition coefficient (Wildman–Crippen LogP) is -0.773. The molecule has 0 spiro atoms. The topological polar surface area (TPSA) is 0 Å². The second kappa shape index (κ2) is 8.20. The van der Waals surface area contributed by atoms with E-state index in [2.05, 4.69) is 67.8 Å². The van der Waals surface area contributed by atoms with Crippen molar-refractivity contribution < 1.29 is 45.8 Å². The predicted molar refractivity (Wildman–Crippen MR) is 95.4 cm³/mol. The molecular formula is C17H28Cl2HfSi2. The first kappa shape index (κ1) is 22.7. The average Bonchev–Trinajstić information content (AvgIpc) is 2.96. The maximum atomic E-state index is 4.68. The molecule has 0 nitrogen and oxygen atoms in total. The summed E-state index contributed by atoms with van der Waals surface area (Å²) in [6, 6.07) is 0. The summed E-state index contributed by atoms with van der Waals surface area (Å²) in [7, 11) is -2.26. The second-order valence-electron chi connectivity index (χ2n) is 8.04. The Bertz CT molecular complexity index is 520. The van der Waals surface area contributed by atoms with Crippen molar-refractivity contribution in [2.24, 2.45) is 0 Å². The summed E-state index contributed by atoms with van der Waals surface area (Å²) in [5.41, 5.74) is 0. The number of rotatable bonds is 4. The molecule has 2 rings (SSSR count). The molecule has 2 aliphatic rings. The Morgan fingerprint density at radius 2 is 1.09 bits per heavy atom. The van der Waals surface area contributed by atoms with Crippen LogP contribution in [-0.4, -0.2) is 20.4 Å². The first-order valence-corrected chi connectivity index (χ1v) is 20.7. The van der Waals surface area contributed by atoms with Gasteiger partial charge < -0.3 is 24.8 Å². The molecular weight excluding hydrogens is 510 g/mol. The molecule has 0 aliphatic heterocycles. The molecule has 22 heavy (non-hydrogen) atoms. The Morgan fingerprint density at radius 1 is 0.773 bits per heavy atom. The van der Waals surface area contributed by atoms with Gasteiger partial charge in [-0.25, -0.2) is 0 Å². The minimum Gasteiger partial charge on any atom is -1.00 e. The van der Waals surface area contributed by atoms with Gasteiger partial charge in [0.25, 0.3) is 0 Å². The van der Waals surface area contributed by atoms with E-state index in [1.807, 2.05) is 0 Å². The molecule has 0 unspecified atom stereocenters. The maximum absolute atomic E-state index is 4.68. The van der Waals surface area contributed by atoms with Crippen LogP contribution in [0.5, 0.6) is 0 Å². The summed E-state index contributed by atoms with van der Waals surface area (Å²) in [4.78, 5) is 0. The molecule has 0 saturated carbocycles. The van der Waals surface area contributed by atoms with Gasteiger partial charge in [0.05, 0.1) is 0 Å². The Labute approximate surface area is 158 Å². The Kier molecular flexibility index (Phi) is 8.46. The molecule has 0 bridgehead atoms. The van der Waals surface area contributed by atoms with Gasteiger partial charge in [0.1, 0.15) is 0 Å². The minimum absolute atomic E-state index is 0. The fourth-order valence-electron chi connectivity index (χ4n) is 2.72. The molecule has 0 aromatic rings. The summed E-state index contributed by atoms with van der Waals surface area (Å²) in [5, 5.41) is 3.33. The van der Waals surface area contributed by atoms with Gasteiger partial charge in [-0.1, -0.05) is 0 Å². The van der Waals surface area contributed by atoms with E-state index in [0.717, 1.165) is 0 Å². The molecule has 122 valence electrons. The number of hydrogen-bond donors (Lipinski definition) is 0. The minimum atomic E-state index is -1.91. The monoisotopic (exact) mass is 538 g/mol. The van der Waals surface area contributed by atoms with Crippen molar-refractivity contribution in [1.82, 2.24) is 0 Å². The SMILES string of the molecule is [CH2]=[Hf+2]([C]1=CC([Si](C)(C)C)=CC1)[C]1=CC([Si](C)(C)C)=CC1.[Cl-].[Cl-]. The van der Waals surface area contributed by atoms with Gasteiger partial charge in [-0.15, -0.1) is 0 Å². The molecule has 0 saturated heterocycles. The summed E-state index contributed by atoms with van der Waals surface area (Å²) in [5.74, 6) is 0. The largest absolute Gasteiger partial charge is 1.00 e. The van der Waals surface area contributed by atoms with E-state index in [-0.39, 0.29) is 24.8 Å². The molecule has 0 atom stereocenters. The Balaban J connectivity index is 0.00000220. The molecule has 0 aromatic heterocycles. The third kappa shape index (κ3) is 5.37. The second-order valence-corrected chi connectivity index (χ2v) is 26.3. The number of allylic oxidation sites excluding steroid dienone is 8. The van der Waals surface area contributed by atoms with Crippen LogP contribution in [0.25, 0.3) is 0 Å². The van der Waals surface area contributed by atoms with Crippen LogP contribution in [0.1, 0.15) is 12.8 Å². The van der Waals surface area contributed by atoms with Crippen LogP contribution in [0.2, 0.25) is 39.3 Å². The van der Waals surface area contributed by atoms with Crippen molar-refractivity contribution in [3.8, 4) is 0 Å². The summed E-state index contributed by atoms with van der Waals surface area (Å²) in [6.07, 6.45) is 12.5. The van der Waals surface area contributed by atoms with Crippen LogP contribution in [0.4, 0.5) is 0 Å². The summed E-state index contributed by atoms with van der Waals surface area (Å²) in [6.45, 7) is 14.7. The smallest absolute Gasteiger partial charge is 1.00 e. The van der Waals surface area contributed by atoms with Crippen LogP contribution in [0, 0.1) is 0 Å². The molecule has 2 aliphatic carbocycles. The molecule has 0 fully saturated rings. The molecule has 0 amide bonds. The average molecular weight is 538 g/mol. The summed E-state index contributed by atoms with van der Waals surface area (Å²) < 4.78 is 8.16. The van der Waals surface area contributed by atoms with Crippen molar-refractivity contribution in [2.75, 3.05) is 0 Å². The van der Waals surface area contributed by atoms with Crippen LogP contribution in [0.3, 0.4) is 0 Å². The van der Waals surface area contributed by atoms with E-state index in [9.17, 15) is 0 Å². The first-order chi connectivity index (χ1) is 9.09. The fourth-order valence-corrected chi connectivity index (χ4v) is 12.8. The van der Waals surface area contributed by atoms with Crippen LogP contribution < -0.4 is 24.8 Å². The van der Waals surface area contributed by atoms with E-state index in [1.165, 1.54) is 12.8 Å². The molecule has 0 heterocycles. The quantitative estimate of drug-likeness (QED) is 0.413. The fraction of sp³-hybridized carbons (Fsp3) is 0.471. The van der Waals surface area contributed by atoms with Gasteiger partial charge >= 0.3 is 135 Å². The Morgan fingerprint density at radius 3 is 1.32 bits per heavy atom. The van der Waals surface area contributed by atoms with E-state index in [4.69, 9.17) is 0 Å². The maximum Gasteiger partial charge on any atom is -1.00 e. The van der Waals surface area contributed by atoms with Gasteiger partial charge in [-0.3, -0.25) is 0 Å². The van der Waals surface area contributed by atoms with Gasteiger partial charge in [-0.2, -0.15) is 0 Å². The van der Waals surface area contributed by atoms with Crippen molar-refractivity contribution in [3.05, 3.63) is 41.4 Å². The zero-order valence-corrected chi connectivity index (χ0v) is 21.8. The zero-order valence-electron chi connectivity index (χ0n) is 14.7. The number of hydrogen-bond acceptors (Lipinski definition) is 0. The Hall–Kier alpha value is 0.714. The molecule has 0 aromatic carbocycles. The van der Waals surface area contributed by atoms with Gasteiger partial charge in [0, 0.05) is 0 Å². The van der Waals surface area contributed by atoms with Gasteiger partial charge in [0.15, 0.2) is 0 Å². The standard InChI is InChI=1S/2C8H13Si.CH2.2ClH.Hf/c2*1-9(2,3)8-6-4-5-7-8;;;;/h2*6-7H,4H2,1-3H3;1H2;2*1H;/q;;;;;+2/p-2. The van der Waals surface area contributed by atoms with Crippen molar-refractivity contribution in [1.29, 1.82) is 0 Å². The third-order valence-corrected chi connectivity index (χ3v) is 16.5. The molecule has 5 heteroatoms.